The van der Waals surface area contributed by atoms with E-state index in [1.807, 2.05) is 0 Å². The minimum atomic E-state index is -4.69. The van der Waals surface area contributed by atoms with E-state index in [4.69, 9.17) is 14.5 Å². The van der Waals surface area contributed by atoms with Crippen molar-refractivity contribution in [3.05, 3.63) is 0 Å². The van der Waals surface area contributed by atoms with Gasteiger partial charge in [-0.15, -0.1) is 0 Å². The van der Waals surface area contributed by atoms with Gasteiger partial charge < -0.3 is 35.4 Å². The van der Waals surface area contributed by atoms with Crippen LogP contribution < -0.4 is 10.6 Å². The maximum atomic E-state index is 11.3. The molecule has 0 aromatic rings. The maximum Gasteiger partial charge on any atom is 0.469 e. The zero-order valence-electron chi connectivity index (χ0n) is 10.1. The van der Waals surface area contributed by atoms with Crippen molar-refractivity contribution < 1.29 is 38.6 Å². The second kappa shape index (κ2) is 6.73. The molecule has 0 spiro atoms. The SMILES string of the molecule is CNCC(=O)N[C@@H]1O[C@H](COP(=O)(O)O)[C@@H](O)[C@H]1O. The third kappa shape index (κ3) is 5.13. The van der Waals surface area contributed by atoms with Gasteiger partial charge >= 0.3 is 7.82 Å². The van der Waals surface area contributed by atoms with Gasteiger partial charge in [0.05, 0.1) is 13.2 Å². The number of amides is 1. The van der Waals surface area contributed by atoms with E-state index in [0.29, 0.717) is 0 Å². The number of carbonyl (C=O) groups is 1. The molecule has 0 radical (unpaired) electrons. The van der Waals surface area contributed by atoms with Gasteiger partial charge in [-0.05, 0) is 7.05 Å². The number of phosphoric acid groups is 1. The summed E-state index contributed by atoms with van der Waals surface area (Å²) in [4.78, 5) is 28.3. The van der Waals surface area contributed by atoms with E-state index in [1.54, 1.807) is 7.05 Å². The lowest BCUT2D eigenvalue weighted by Crippen LogP contribution is -2.46. The number of nitrogens with one attached hydrogen (secondary N) is 2. The topological polar surface area (TPSA) is 158 Å². The van der Waals surface area contributed by atoms with Crippen molar-refractivity contribution >= 4 is 13.7 Å². The fourth-order valence-electron chi connectivity index (χ4n) is 1.55. The zero-order chi connectivity index (χ0) is 14.6. The highest BCUT2D eigenvalue weighted by atomic mass is 31.2. The molecule has 1 aliphatic rings. The van der Waals surface area contributed by atoms with Crippen molar-refractivity contribution in [2.75, 3.05) is 20.2 Å². The van der Waals surface area contributed by atoms with Crippen molar-refractivity contribution in [3.8, 4) is 0 Å². The molecule has 1 amide bonds. The lowest BCUT2D eigenvalue weighted by atomic mass is 10.1. The number of carbonyl (C=O) groups excluding carboxylic acids is 1. The Morgan fingerprint density at radius 1 is 1.37 bits per heavy atom. The summed E-state index contributed by atoms with van der Waals surface area (Å²) in [6.07, 6.45) is -5.15. The molecule has 6 N–H and O–H groups in total. The molecule has 1 aliphatic heterocycles. The first kappa shape index (κ1) is 16.5. The Balaban J connectivity index is 2.51. The highest BCUT2D eigenvalue weighted by molar-refractivity contribution is 7.46. The minimum Gasteiger partial charge on any atom is -0.387 e. The molecule has 1 fully saturated rings. The molecule has 112 valence electrons. The van der Waals surface area contributed by atoms with Crippen LogP contribution in [-0.4, -0.2) is 70.6 Å². The first-order valence-electron chi connectivity index (χ1n) is 5.40. The summed E-state index contributed by atoms with van der Waals surface area (Å²) < 4.78 is 19.8. The van der Waals surface area contributed by atoms with Crippen LogP contribution in [0.4, 0.5) is 0 Å². The first-order chi connectivity index (χ1) is 8.74. The predicted molar refractivity (Wildman–Crippen MR) is 60.7 cm³/mol. The monoisotopic (exact) mass is 300 g/mol. The van der Waals surface area contributed by atoms with Crippen LogP contribution in [0.25, 0.3) is 0 Å². The number of aliphatic hydroxyl groups excluding tert-OH is 2. The Hall–Kier alpha value is -0.580. The van der Waals surface area contributed by atoms with E-state index in [9.17, 15) is 19.6 Å². The second-order valence-corrected chi connectivity index (χ2v) is 5.20. The fourth-order valence-corrected chi connectivity index (χ4v) is 1.89. The Morgan fingerprint density at radius 3 is 2.53 bits per heavy atom. The lowest BCUT2D eigenvalue weighted by Gasteiger charge is -2.16. The number of ether oxygens (including phenoxy) is 1. The van der Waals surface area contributed by atoms with Gasteiger partial charge in [-0.3, -0.25) is 9.32 Å². The van der Waals surface area contributed by atoms with Crippen LogP contribution in [-0.2, 0) is 18.6 Å². The maximum absolute atomic E-state index is 11.3. The number of phosphoric ester groups is 1. The summed E-state index contributed by atoms with van der Waals surface area (Å²) in [5, 5.41) is 24.1. The Labute approximate surface area is 109 Å². The van der Waals surface area contributed by atoms with Gasteiger partial charge in [-0.2, -0.15) is 0 Å². The Kier molecular flexibility index (Phi) is 5.83. The van der Waals surface area contributed by atoms with Gasteiger partial charge in [-0.25, -0.2) is 4.57 Å². The summed E-state index contributed by atoms with van der Waals surface area (Å²) in [7, 11) is -3.14. The van der Waals surface area contributed by atoms with Gasteiger partial charge in [0.25, 0.3) is 0 Å². The van der Waals surface area contributed by atoms with E-state index < -0.39 is 44.9 Å². The van der Waals surface area contributed by atoms with Crippen molar-refractivity contribution in [3.63, 3.8) is 0 Å². The molecule has 19 heavy (non-hydrogen) atoms. The van der Waals surface area contributed by atoms with Crippen LogP contribution in [0.1, 0.15) is 0 Å². The van der Waals surface area contributed by atoms with Gasteiger partial charge in [0, 0.05) is 0 Å². The van der Waals surface area contributed by atoms with E-state index in [2.05, 4.69) is 15.2 Å². The van der Waals surface area contributed by atoms with E-state index >= 15 is 0 Å². The molecule has 10 nitrogen and oxygen atoms in total. The van der Waals surface area contributed by atoms with Crippen LogP contribution in [0, 0.1) is 0 Å². The van der Waals surface area contributed by atoms with E-state index in [-0.39, 0.29) is 6.54 Å². The zero-order valence-corrected chi connectivity index (χ0v) is 11.0. The highest BCUT2D eigenvalue weighted by Crippen LogP contribution is 2.37. The number of rotatable bonds is 6. The molecule has 0 unspecified atom stereocenters. The van der Waals surface area contributed by atoms with Crippen molar-refractivity contribution in [2.45, 2.75) is 24.5 Å². The summed E-state index contributed by atoms with van der Waals surface area (Å²) >= 11 is 0. The molecule has 0 aromatic heterocycles. The highest BCUT2D eigenvalue weighted by Gasteiger charge is 2.44. The van der Waals surface area contributed by atoms with Crippen LogP contribution in [0.3, 0.4) is 0 Å². The number of aliphatic hydroxyl groups is 2. The van der Waals surface area contributed by atoms with Gasteiger partial charge in [0.2, 0.25) is 5.91 Å². The summed E-state index contributed by atoms with van der Waals surface area (Å²) in [6.45, 7) is -0.618. The molecular weight excluding hydrogens is 283 g/mol. The van der Waals surface area contributed by atoms with Crippen LogP contribution in [0.2, 0.25) is 0 Å². The number of hydrogen-bond donors (Lipinski definition) is 6. The van der Waals surface area contributed by atoms with Gasteiger partial charge in [-0.1, -0.05) is 0 Å². The van der Waals surface area contributed by atoms with Crippen molar-refractivity contribution in [2.24, 2.45) is 0 Å². The summed E-state index contributed by atoms with van der Waals surface area (Å²) in [5.41, 5.74) is 0. The normalized spacial score (nSPS) is 31.4. The van der Waals surface area contributed by atoms with Crippen molar-refractivity contribution in [1.29, 1.82) is 0 Å². The fraction of sp³-hybridized carbons (Fsp3) is 0.875. The van der Waals surface area contributed by atoms with E-state index in [1.165, 1.54) is 0 Å². The predicted octanol–water partition coefficient (Wildman–Crippen LogP) is -3.12. The molecule has 0 aromatic carbocycles. The third-order valence-corrected chi connectivity index (χ3v) is 2.90. The minimum absolute atomic E-state index is 0.00762. The Bertz CT molecular complexity index is 361. The molecular formula is C8H17N2O8P. The smallest absolute Gasteiger partial charge is 0.387 e. The largest absolute Gasteiger partial charge is 0.469 e. The van der Waals surface area contributed by atoms with Gasteiger partial charge in [0.15, 0.2) is 6.23 Å². The first-order valence-corrected chi connectivity index (χ1v) is 6.93. The molecule has 0 aliphatic carbocycles. The van der Waals surface area contributed by atoms with Gasteiger partial charge in [0.1, 0.15) is 18.3 Å². The molecule has 1 heterocycles. The van der Waals surface area contributed by atoms with Crippen LogP contribution in [0.5, 0.6) is 0 Å². The molecule has 1 saturated heterocycles. The lowest BCUT2D eigenvalue weighted by molar-refractivity contribution is -0.126. The van der Waals surface area contributed by atoms with Crippen molar-refractivity contribution in [1.82, 2.24) is 10.6 Å². The average molecular weight is 300 g/mol. The Morgan fingerprint density at radius 2 is 2.00 bits per heavy atom. The van der Waals surface area contributed by atoms with E-state index in [0.717, 1.165) is 0 Å². The molecule has 1 rings (SSSR count). The molecule has 4 atom stereocenters. The molecule has 0 saturated carbocycles. The van der Waals surface area contributed by atoms with Crippen LogP contribution in [0.15, 0.2) is 0 Å². The standard InChI is InChI=1S/C8H17N2O8P/c1-9-2-5(11)10-8-7(13)6(12)4(18-8)3-17-19(14,15)16/h4,6-9,12-13H,2-3H2,1H3,(H,10,11)(H2,14,15,16)/t4-,6-,7-,8-/m1/s1. The quantitative estimate of drug-likeness (QED) is 0.279. The average Bonchev–Trinajstić information content (AvgIpc) is 2.54. The summed E-state index contributed by atoms with van der Waals surface area (Å²) in [5.74, 6) is -0.463. The number of likely N-dealkylation sites (N-methyl/N-ethyl adjacent to an activating group) is 1. The second-order valence-electron chi connectivity index (χ2n) is 3.96. The molecule has 0 bridgehead atoms. The number of hydrogen-bond acceptors (Lipinski definition) is 7. The summed E-state index contributed by atoms with van der Waals surface area (Å²) in [6, 6.07) is 0. The third-order valence-electron chi connectivity index (χ3n) is 2.41. The molecule has 11 heteroatoms. The van der Waals surface area contributed by atoms with Crippen LogP contribution >= 0.6 is 7.82 Å².